The molecule has 1 aliphatic rings. The number of phenols is 1. The van der Waals surface area contributed by atoms with E-state index in [1.165, 1.54) is 24.3 Å². The Balaban J connectivity index is 1.78. The van der Waals surface area contributed by atoms with E-state index in [0.29, 0.717) is 27.9 Å². The molecule has 0 radical (unpaired) electrons. The Hall–Kier alpha value is -3.01. The number of nitrogens with zero attached hydrogens (tertiary/aromatic N) is 2. The van der Waals surface area contributed by atoms with Crippen molar-refractivity contribution in [2.75, 3.05) is 12.0 Å². The van der Waals surface area contributed by atoms with Gasteiger partial charge in [-0.2, -0.15) is 13.2 Å². The summed E-state index contributed by atoms with van der Waals surface area (Å²) in [7, 11) is 1.56. The minimum atomic E-state index is -4.41. The lowest BCUT2D eigenvalue weighted by Crippen LogP contribution is -2.44. The molecule has 5 nitrogen and oxygen atoms in total. The molecular weight excluding hydrogens is 534 g/mol. The van der Waals surface area contributed by atoms with Gasteiger partial charge in [0.15, 0.2) is 10.9 Å². The highest BCUT2D eigenvalue weighted by molar-refractivity contribution is 7.80. The smallest absolute Gasteiger partial charge is 0.416 e. The summed E-state index contributed by atoms with van der Waals surface area (Å²) < 4.78 is 44.0. The Morgan fingerprint density at radius 1 is 1.06 bits per heavy atom. The largest absolute Gasteiger partial charge is 0.505 e. The number of ether oxygens (including phenoxy) is 1. The van der Waals surface area contributed by atoms with Crippen molar-refractivity contribution in [2.24, 2.45) is 4.99 Å². The number of benzene rings is 3. The summed E-state index contributed by atoms with van der Waals surface area (Å²) in [6.45, 7) is 2.00. The van der Waals surface area contributed by atoms with E-state index in [-0.39, 0.29) is 22.3 Å². The molecule has 0 bridgehead atoms. The van der Waals surface area contributed by atoms with Crippen LogP contribution in [-0.4, -0.2) is 23.2 Å². The van der Waals surface area contributed by atoms with Gasteiger partial charge in [0, 0.05) is 5.69 Å². The average Bonchev–Trinajstić information content (AvgIpc) is 3.10. The van der Waals surface area contributed by atoms with E-state index < -0.39 is 17.3 Å². The van der Waals surface area contributed by atoms with Crippen LogP contribution in [0.3, 0.4) is 0 Å². The van der Waals surface area contributed by atoms with Gasteiger partial charge in [0.1, 0.15) is 17.1 Å². The molecule has 1 fully saturated rings. The third-order valence-electron chi connectivity index (χ3n) is 5.95. The second-order valence-electron chi connectivity index (χ2n) is 8.18. The number of aliphatic imine (C=N–C) groups is 1. The zero-order valence-corrected chi connectivity index (χ0v) is 21.4. The molecule has 3 aromatic carbocycles. The van der Waals surface area contributed by atoms with Crippen LogP contribution >= 0.6 is 35.4 Å². The zero-order valence-electron chi connectivity index (χ0n) is 19.0. The van der Waals surface area contributed by atoms with Gasteiger partial charge >= 0.3 is 6.18 Å². The van der Waals surface area contributed by atoms with Crippen molar-refractivity contribution in [3.05, 3.63) is 87.4 Å². The maximum Gasteiger partial charge on any atom is 0.416 e. The van der Waals surface area contributed by atoms with Crippen molar-refractivity contribution < 1.29 is 23.0 Å². The predicted molar refractivity (Wildman–Crippen MR) is 139 cm³/mol. The molecular formula is C25H20Cl2F3N3O2S. The van der Waals surface area contributed by atoms with E-state index in [2.05, 4.69) is 5.32 Å². The van der Waals surface area contributed by atoms with Crippen LogP contribution in [0.4, 0.5) is 18.9 Å². The van der Waals surface area contributed by atoms with Crippen LogP contribution < -0.4 is 15.0 Å². The molecule has 188 valence electrons. The van der Waals surface area contributed by atoms with Crippen molar-refractivity contribution in [2.45, 2.75) is 25.2 Å². The Kier molecular flexibility index (Phi) is 7.10. The molecule has 0 saturated carbocycles. The predicted octanol–water partition coefficient (Wildman–Crippen LogP) is 6.94. The number of phenolic OH excluding ortho intramolecular Hbond substituents is 1. The number of halogens is 5. The highest BCUT2D eigenvalue weighted by atomic mass is 35.5. The summed E-state index contributed by atoms with van der Waals surface area (Å²) in [5, 5.41) is 13.6. The third-order valence-corrected chi connectivity index (χ3v) is 6.81. The van der Waals surface area contributed by atoms with Crippen molar-refractivity contribution in [3.63, 3.8) is 0 Å². The topological polar surface area (TPSA) is 57.1 Å². The summed E-state index contributed by atoms with van der Waals surface area (Å²) in [4.78, 5) is 6.47. The molecule has 1 heterocycles. The number of aromatic hydroxyl groups is 1. The molecule has 0 amide bonds. The monoisotopic (exact) mass is 553 g/mol. The highest BCUT2D eigenvalue weighted by Gasteiger charge is 2.48. The number of nitrogens with one attached hydrogen (secondary N) is 1. The number of thiocarbonyl (C=S) groups is 1. The molecule has 1 atom stereocenters. The molecule has 3 aromatic rings. The minimum Gasteiger partial charge on any atom is -0.505 e. The second-order valence-corrected chi connectivity index (χ2v) is 9.38. The van der Waals surface area contributed by atoms with Crippen LogP contribution in [0, 0.1) is 0 Å². The van der Waals surface area contributed by atoms with Gasteiger partial charge in [0.25, 0.3) is 0 Å². The third kappa shape index (κ3) is 4.83. The van der Waals surface area contributed by atoms with E-state index in [9.17, 15) is 18.3 Å². The first-order valence-corrected chi connectivity index (χ1v) is 11.8. The molecule has 0 aliphatic carbocycles. The Labute approximate surface area is 221 Å². The van der Waals surface area contributed by atoms with Gasteiger partial charge in [-0.05, 0) is 66.7 Å². The lowest BCUT2D eigenvalue weighted by molar-refractivity contribution is -0.137. The van der Waals surface area contributed by atoms with Gasteiger partial charge < -0.3 is 20.1 Å². The van der Waals surface area contributed by atoms with E-state index in [1.54, 1.807) is 24.1 Å². The fourth-order valence-corrected chi connectivity index (χ4v) is 4.85. The van der Waals surface area contributed by atoms with E-state index >= 15 is 0 Å². The van der Waals surface area contributed by atoms with Crippen LogP contribution in [0.15, 0.2) is 65.7 Å². The average molecular weight is 554 g/mol. The van der Waals surface area contributed by atoms with E-state index in [0.717, 1.165) is 17.7 Å². The Morgan fingerprint density at radius 2 is 1.64 bits per heavy atom. The summed E-state index contributed by atoms with van der Waals surface area (Å²) in [5.41, 5.74) is 0.197. The van der Waals surface area contributed by atoms with Crippen molar-refractivity contribution in [3.8, 4) is 11.5 Å². The molecule has 1 aliphatic heterocycles. The van der Waals surface area contributed by atoms with Crippen molar-refractivity contribution in [1.82, 2.24) is 5.32 Å². The van der Waals surface area contributed by atoms with Gasteiger partial charge in [-0.25, -0.2) is 0 Å². The first-order chi connectivity index (χ1) is 16.9. The summed E-state index contributed by atoms with van der Waals surface area (Å²) in [6.07, 6.45) is -4.41. The lowest BCUT2D eigenvalue weighted by atomic mass is 9.89. The molecule has 2 N–H and O–H groups in total. The van der Waals surface area contributed by atoms with Crippen molar-refractivity contribution in [1.29, 1.82) is 0 Å². The van der Waals surface area contributed by atoms with Crippen LogP contribution in [-0.2, 0) is 18.3 Å². The first-order valence-electron chi connectivity index (χ1n) is 10.6. The Morgan fingerprint density at radius 3 is 2.17 bits per heavy atom. The minimum absolute atomic E-state index is 0.0486. The lowest BCUT2D eigenvalue weighted by Gasteiger charge is -2.35. The number of alkyl halides is 3. The molecule has 1 saturated heterocycles. The molecule has 36 heavy (non-hydrogen) atoms. The van der Waals surface area contributed by atoms with Crippen LogP contribution in [0.2, 0.25) is 10.0 Å². The van der Waals surface area contributed by atoms with Gasteiger partial charge in [-0.1, -0.05) is 47.5 Å². The van der Waals surface area contributed by atoms with Crippen LogP contribution in [0.5, 0.6) is 11.5 Å². The SMILES string of the molecule is COc1ccc(C2(C)C(=NCc3ccc(C(F)(F)F)cc3)NC(=S)N2c2cc(Cl)c(O)c(Cl)c2)cc1. The molecule has 11 heteroatoms. The number of hydrogen-bond donors (Lipinski definition) is 2. The molecule has 1 unspecified atom stereocenters. The van der Waals surface area contributed by atoms with Crippen LogP contribution in [0.1, 0.15) is 23.6 Å². The summed E-state index contributed by atoms with van der Waals surface area (Å²) in [5.74, 6) is 0.877. The van der Waals surface area contributed by atoms with E-state index in [1.807, 2.05) is 19.1 Å². The van der Waals surface area contributed by atoms with Gasteiger partial charge in [-0.15, -0.1) is 0 Å². The normalized spacial score (nSPS) is 19.0. The number of methoxy groups -OCH3 is 1. The number of rotatable bonds is 5. The van der Waals surface area contributed by atoms with Gasteiger partial charge in [0.05, 0.1) is 29.3 Å². The Bertz CT molecular complexity index is 1310. The first kappa shape index (κ1) is 26.1. The zero-order chi connectivity index (χ0) is 26.3. The number of anilines is 1. The maximum absolute atomic E-state index is 12.9. The molecule has 0 spiro atoms. The highest BCUT2D eigenvalue weighted by Crippen LogP contribution is 2.43. The standard InChI is InChI=1S/C25H20Cl2F3N3O2S/c1-24(15-7-9-18(35-2)10-8-15)22(31-13-14-3-5-16(6-4-14)25(28,29)30)32-23(36)33(24)17-11-19(26)21(34)20(27)12-17/h3-12,34H,13H2,1-2H3,(H,31,32,36). The van der Waals surface area contributed by atoms with Gasteiger partial charge in [0.2, 0.25) is 0 Å². The molecule has 4 rings (SSSR count). The van der Waals surface area contributed by atoms with Gasteiger partial charge in [-0.3, -0.25) is 4.99 Å². The fourth-order valence-electron chi connectivity index (χ4n) is 3.99. The fraction of sp³-hybridized carbons (Fsp3) is 0.200. The summed E-state index contributed by atoms with van der Waals surface area (Å²) >= 11 is 18.0. The maximum atomic E-state index is 12.9. The second kappa shape index (κ2) is 9.80. The quantitative estimate of drug-likeness (QED) is 0.335. The molecule has 0 aromatic heterocycles. The number of amidine groups is 1. The van der Waals surface area contributed by atoms with Crippen molar-refractivity contribution >= 4 is 52.1 Å². The summed E-state index contributed by atoms with van der Waals surface area (Å²) in [6, 6.07) is 15.2. The van der Waals surface area contributed by atoms with Crippen LogP contribution in [0.25, 0.3) is 0 Å². The van der Waals surface area contributed by atoms with E-state index in [4.69, 9.17) is 45.1 Å². The number of hydrogen-bond acceptors (Lipinski definition) is 4.